The van der Waals surface area contributed by atoms with Crippen LogP contribution in [0.4, 0.5) is 10.1 Å². The second-order valence-corrected chi connectivity index (χ2v) is 5.46. The third kappa shape index (κ3) is 3.79. The molecule has 0 radical (unpaired) electrons. The molecule has 2 aromatic carbocycles. The molecule has 0 fully saturated rings. The highest BCUT2D eigenvalue weighted by Gasteiger charge is 2.06. The summed E-state index contributed by atoms with van der Waals surface area (Å²) in [6, 6.07) is 12.9. The van der Waals surface area contributed by atoms with Crippen LogP contribution in [0, 0.1) is 5.82 Å². The Balaban J connectivity index is 1.90. The highest BCUT2D eigenvalue weighted by atomic mass is 32.2. The number of nitrogens with two attached hydrogens (primary N) is 1. The molecule has 3 nitrogen and oxygen atoms in total. The van der Waals surface area contributed by atoms with E-state index in [1.54, 1.807) is 24.3 Å². The van der Waals surface area contributed by atoms with E-state index in [4.69, 9.17) is 10.5 Å². The molecule has 100 valence electrons. The van der Waals surface area contributed by atoms with Crippen LogP contribution < -0.4 is 10.5 Å². The third-order valence-electron chi connectivity index (χ3n) is 2.50. The van der Waals surface area contributed by atoms with Crippen molar-refractivity contribution in [1.29, 1.82) is 0 Å². The molecule has 19 heavy (non-hydrogen) atoms. The van der Waals surface area contributed by atoms with E-state index in [0.717, 1.165) is 0 Å². The number of anilines is 1. The van der Waals surface area contributed by atoms with Gasteiger partial charge < -0.3 is 10.5 Å². The number of hydrogen-bond acceptors (Lipinski definition) is 3. The van der Waals surface area contributed by atoms with Gasteiger partial charge in [0.05, 0.1) is 22.2 Å². The van der Waals surface area contributed by atoms with Crippen LogP contribution in [0.5, 0.6) is 5.75 Å². The van der Waals surface area contributed by atoms with Crippen LogP contribution in [0.1, 0.15) is 0 Å². The summed E-state index contributed by atoms with van der Waals surface area (Å²) in [5, 5.41) is 0. The van der Waals surface area contributed by atoms with Crippen molar-refractivity contribution in [3.05, 3.63) is 54.3 Å². The topological polar surface area (TPSA) is 52.3 Å². The first-order valence-corrected chi connectivity index (χ1v) is 7.10. The minimum atomic E-state index is -1.28. The van der Waals surface area contributed by atoms with Gasteiger partial charge in [-0.3, -0.25) is 4.21 Å². The molecule has 0 heterocycles. The van der Waals surface area contributed by atoms with Crippen molar-refractivity contribution in [2.75, 3.05) is 18.1 Å². The van der Waals surface area contributed by atoms with Gasteiger partial charge in [-0.25, -0.2) is 4.39 Å². The summed E-state index contributed by atoms with van der Waals surface area (Å²) >= 11 is 0. The van der Waals surface area contributed by atoms with Crippen LogP contribution in [0.15, 0.2) is 53.4 Å². The monoisotopic (exact) mass is 279 g/mol. The van der Waals surface area contributed by atoms with Crippen molar-refractivity contribution in [2.45, 2.75) is 4.90 Å². The minimum Gasteiger partial charge on any atom is -0.490 e. The maximum Gasteiger partial charge on any atom is 0.142 e. The highest BCUT2D eigenvalue weighted by molar-refractivity contribution is 7.85. The summed E-state index contributed by atoms with van der Waals surface area (Å²) in [4.78, 5) is 0.463. The van der Waals surface area contributed by atoms with Gasteiger partial charge in [-0.1, -0.05) is 18.2 Å². The predicted octanol–water partition coefficient (Wildman–Crippen LogP) is 2.59. The molecule has 0 aliphatic rings. The molecule has 0 bridgehead atoms. The van der Waals surface area contributed by atoms with E-state index < -0.39 is 10.8 Å². The quantitative estimate of drug-likeness (QED) is 0.856. The van der Waals surface area contributed by atoms with E-state index in [-0.39, 0.29) is 18.2 Å². The van der Waals surface area contributed by atoms with Gasteiger partial charge in [0.25, 0.3) is 0 Å². The van der Waals surface area contributed by atoms with Gasteiger partial charge >= 0.3 is 0 Å². The Morgan fingerprint density at radius 2 is 1.95 bits per heavy atom. The lowest BCUT2D eigenvalue weighted by atomic mass is 10.3. The number of hydrogen-bond donors (Lipinski definition) is 1. The Morgan fingerprint density at radius 1 is 1.16 bits per heavy atom. The summed E-state index contributed by atoms with van der Waals surface area (Å²) in [6.07, 6.45) is 0. The Hall–Kier alpha value is -1.88. The fourth-order valence-electron chi connectivity index (χ4n) is 1.57. The lowest BCUT2D eigenvalue weighted by Gasteiger charge is -2.08. The van der Waals surface area contributed by atoms with E-state index in [1.165, 1.54) is 12.1 Å². The van der Waals surface area contributed by atoms with E-state index in [1.807, 2.05) is 12.1 Å². The van der Waals surface area contributed by atoms with Gasteiger partial charge in [0, 0.05) is 4.90 Å². The van der Waals surface area contributed by atoms with E-state index in [9.17, 15) is 8.60 Å². The zero-order valence-electron chi connectivity index (χ0n) is 10.2. The maximum absolute atomic E-state index is 13.0. The molecule has 2 rings (SSSR count). The van der Waals surface area contributed by atoms with Crippen LogP contribution in [-0.2, 0) is 10.8 Å². The summed E-state index contributed by atoms with van der Waals surface area (Å²) < 4.78 is 30.3. The molecule has 0 saturated carbocycles. The van der Waals surface area contributed by atoms with Gasteiger partial charge in [0.1, 0.15) is 18.2 Å². The van der Waals surface area contributed by atoms with Crippen molar-refractivity contribution in [3.63, 3.8) is 0 Å². The van der Waals surface area contributed by atoms with Crippen molar-refractivity contribution in [3.8, 4) is 5.75 Å². The molecule has 2 aromatic rings. The number of para-hydroxylation sites is 2. The number of nitrogen functional groups attached to an aromatic ring is 1. The van der Waals surface area contributed by atoms with Gasteiger partial charge in [0.2, 0.25) is 0 Å². The SMILES string of the molecule is Nc1ccccc1OCCS(=O)c1cccc(F)c1. The molecule has 0 spiro atoms. The van der Waals surface area contributed by atoms with Crippen molar-refractivity contribution in [1.82, 2.24) is 0 Å². The average Bonchev–Trinajstić information content (AvgIpc) is 2.41. The molecule has 1 unspecified atom stereocenters. The highest BCUT2D eigenvalue weighted by Crippen LogP contribution is 2.19. The summed E-state index contributed by atoms with van der Waals surface area (Å²) in [6.45, 7) is 0.261. The zero-order chi connectivity index (χ0) is 13.7. The molecule has 0 aliphatic heterocycles. The van der Waals surface area contributed by atoms with Gasteiger partial charge in [-0.05, 0) is 30.3 Å². The molecule has 0 amide bonds. The van der Waals surface area contributed by atoms with Crippen LogP contribution in [0.2, 0.25) is 0 Å². The lowest BCUT2D eigenvalue weighted by molar-refractivity contribution is 0.344. The fraction of sp³-hybridized carbons (Fsp3) is 0.143. The maximum atomic E-state index is 13.0. The van der Waals surface area contributed by atoms with Crippen molar-refractivity contribution in [2.24, 2.45) is 0 Å². The summed E-state index contributed by atoms with van der Waals surface area (Å²) in [5.41, 5.74) is 6.26. The molecular formula is C14H14FNO2S. The largest absolute Gasteiger partial charge is 0.490 e. The van der Waals surface area contributed by atoms with Crippen molar-refractivity contribution < 1.29 is 13.3 Å². The molecule has 1 atom stereocenters. The molecule has 0 aliphatic carbocycles. The van der Waals surface area contributed by atoms with E-state index >= 15 is 0 Å². The van der Waals surface area contributed by atoms with Gasteiger partial charge in [-0.2, -0.15) is 0 Å². The lowest BCUT2D eigenvalue weighted by Crippen LogP contribution is -2.09. The second-order valence-electron chi connectivity index (χ2n) is 3.89. The Morgan fingerprint density at radius 3 is 2.68 bits per heavy atom. The standard InChI is InChI=1S/C14H14FNO2S/c15-11-4-3-5-12(10-11)19(17)9-8-18-14-7-2-1-6-13(14)16/h1-7,10H,8-9,16H2. The first-order valence-electron chi connectivity index (χ1n) is 5.78. The van der Waals surface area contributed by atoms with Crippen LogP contribution in [0.25, 0.3) is 0 Å². The zero-order valence-corrected chi connectivity index (χ0v) is 11.0. The van der Waals surface area contributed by atoms with E-state index in [2.05, 4.69) is 0 Å². The molecule has 0 aromatic heterocycles. The van der Waals surface area contributed by atoms with Crippen LogP contribution in [-0.4, -0.2) is 16.6 Å². The smallest absolute Gasteiger partial charge is 0.142 e. The summed E-state index contributed by atoms with van der Waals surface area (Å²) in [5.74, 6) is 0.468. The number of benzene rings is 2. The Labute approximate surface area is 113 Å². The Bertz CT molecular complexity index is 589. The van der Waals surface area contributed by atoms with Gasteiger partial charge in [-0.15, -0.1) is 0 Å². The van der Waals surface area contributed by atoms with Crippen LogP contribution in [0.3, 0.4) is 0 Å². The van der Waals surface area contributed by atoms with Crippen molar-refractivity contribution >= 4 is 16.5 Å². The number of rotatable bonds is 5. The van der Waals surface area contributed by atoms with E-state index in [0.29, 0.717) is 16.3 Å². The molecular weight excluding hydrogens is 265 g/mol. The minimum absolute atomic E-state index is 0.261. The normalized spacial score (nSPS) is 12.1. The fourth-order valence-corrected chi connectivity index (χ4v) is 2.51. The molecule has 2 N–H and O–H groups in total. The first kappa shape index (κ1) is 13.5. The first-order chi connectivity index (χ1) is 9.16. The second kappa shape index (κ2) is 6.33. The van der Waals surface area contributed by atoms with Crippen LogP contribution >= 0.6 is 0 Å². The molecule has 5 heteroatoms. The average molecular weight is 279 g/mol. The number of ether oxygens (including phenoxy) is 1. The Kier molecular flexibility index (Phi) is 4.52. The predicted molar refractivity (Wildman–Crippen MR) is 74.0 cm³/mol. The summed E-state index contributed by atoms with van der Waals surface area (Å²) in [7, 11) is -1.28. The molecule has 0 saturated heterocycles. The number of halogens is 1. The van der Waals surface area contributed by atoms with Gasteiger partial charge in [0.15, 0.2) is 0 Å². The third-order valence-corrected chi connectivity index (χ3v) is 3.82.